The van der Waals surface area contributed by atoms with Crippen molar-refractivity contribution < 1.29 is 12.8 Å². The quantitative estimate of drug-likeness (QED) is 0.794. The molecule has 6 heteroatoms. The molecule has 0 saturated carbocycles. The van der Waals surface area contributed by atoms with Crippen LogP contribution in [0.1, 0.15) is 12.7 Å². The normalized spacial score (nSPS) is 11.7. The molecule has 0 saturated heterocycles. The van der Waals surface area contributed by atoms with E-state index < -0.39 is 9.84 Å². The summed E-state index contributed by atoms with van der Waals surface area (Å²) in [4.78, 5) is 0. The highest BCUT2D eigenvalue weighted by Gasteiger charge is 2.09. The predicted octanol–water partition coefficient (Wildman–Crippen LogP) is 3.12. The fourth-order valence-corrected chi connectivity index (χ4v) is 2.84. The first-order chi connectivity index (χ1) is 10.0. The van der Waals surface area contributed by atoms with Gasteiger partial charge in [-0.05, 0) is 24.3 Å². The molecule has 2 aromatic rings. The highest BCUT2D eigenvalue weighted by Crippen LogP contribution is 2.28. The molecule has 0 radical (unpaired) electrons. The van der Waals surface area contributed by atoms with E-state index in [-0.39, 0.29) is 11.5 Å². The minimum Gasteiger partial charge on any atom is -0.460 e. The standard InChI is InChI=1S/C15H18ClNO3S/c1-2-21(18,19)10-9-17-11-12-7-8-15(20-12)13-5-3-4-6-14(13)16/h3-8,17H,2,9-11H2,1H3. The van der Waals surface area contributed by atoms with Crippen LogP contribution >= 0.6 is 11.6 Å². The van der Waals surface area contributed by atoms with Gasteiger partial charge >= 0.3 is 0 Å². The highest BCUT2D eigenvalue weighted by atomic mass is 35.5. The molecule has 0 fully saturated rings. The van der Waals surface area contributed by atoms with Gasteiger partial charge in [0.1, 0.15) is 11.5 Å². The Morgan fingerprint density at radius 2 is 1.95 bits per heavy atom. The van der Waals surface area contributed by atoms with Crippen LogP contribution in [-0.2, 0) is 16.4 Å². The topological polar surface area (TPSA) is 59.3 Å². The van der Waals surface area contributed by atoms with E-state index in [1.54, 1.807) is 6.92 Å². The Kier molecular flexibility index (Phi) is 5.45. The molecule has 0 aliphatic rings. The van der Waals surface area contributed by atoms with Crippen LogP contribution in [0.3, 0.4) is 0 Å². The van der Waals surface area contributed by atoms with Crippen molar-refractivity contribution in [3.05, 3.63) is 47.2 Å². The van der Waals surface area contributed by atoms with Crippen LogP contribution in [0.5, 0.6) is 0 Å². The molecular formula is C15H18ClNO3S. The lowest BCUT2D eigenvalue weighted by Gasteiger charge is -2.03. The van der Waals surface area contributed by atoms with E-state index in [0.29, 0.717) is 23.9 Å². The molecule has 1 aromatic heterocycles. The van der Waals surface area contributed by atoms with E-state index in [4.69, 9.17) is 16.0 Å². The van der Waals surface area contributed by atoms with Gasteiger partial charge in [0, 0.05) is 17.9 Å². The second-order valence-corrected chi connectivity index (χ2v) is 7.54. The molecule has 114 valence electrons. The number of sulfone groups is 1. The molecule has 0 aliphatic carbocycles. The molecular weight excluding hydrogens is 310 g/mol. The van der Waals surface area contributed by atoms with Gasteiger partial charge in [-0.3, -0.25) is 0 Å². The number of hydrogen-bond acceptors (Lipinski definition) is 4. The maximum absolute atomic E-state index is 11.4. The maximum Gasteiger partial charge on any atom is 0.151 e. The van der Waals surface area contributed by atoms with Crippen molar-refractivity contribution in [2.75, 3.05) is 18.1 Å². The molecule has 0 unspecified atom stereocenters. The summed E-state index contributed by atoms with van der Waals surface area (Å²) in [6.45, 7) is 2.56. The monoisotopic (exact) mass is 327 g/mol. The van der Waals surface area contributed by atoms with E-state index in [1.165, 1.54) is 0 Å². The first-order valence-corrected chi connectivity index (χ1v) is 8.96. The fraction of sp³-hybridized carbons (Fsp3) is 0.333. The van der Waals surface area contributed by atoms with E-state index in [1.807, 2.05) is 36.4 Å². The van der Waals surface area contributed by atoms with Gasteiger partial charge in [0.2, 0.25) is 0 Å². The lowest BCUT2D eigenvalue weighted by Crippen LogP contribution is -2.23. The van der Waals surface area contributed by atoms with Gasteiger partial charge < -0.3 is 9.73 Å². The minimum absolute atomic E-state index is 0.140. The van der Waals surface area contributed by atoms with Crippen LogP contribution in [0.15, 0.2) is 40.8 Å². The second kappa shape index (κ2) is 7.11. The van der Waals surface area contributed by atoms with Crippen molar-refractivity contribution in [2.24, 2.45) is 0 Å². The molecule has 1 aromatic carbocycles. The van der Waals surface area contributed by atoms with E-state index in [9.17, 15) is 8.42 Å². The van der Waals surface area contributed by atoms with Crippen molar-refractivity contribution in [2.45, 2.75) is 13.5 Å². The molecule has 0 spiro atoms. The van der Waals surface area contributed by atoms with Gasteiger partial charge in [0.15, 0.2) is 9.84 Å². The van der Waals surface area contributed by atoms with Crippen LogP contribution < -0.4 is 5.32 Å². The number of hydrogen-bond donors (Lipinski definition) is 1. The van der Waals surface area contributed by atoms with Crippen molar-refractivity contribution in [1.82, 2.24) is 5.32 Å². The summed E-state index contributed by atoms with van der Waals surface area (Å²) < 4.78 is 28.4. The van der Waals surface area contributed by atoms with Crippen LogP contribution in [0, 0.1) is 0 Å². The molecule has 21 heavy (non-hydrogen) atoms. The molecule has 0 amide bonds. The molecule has 0 bridgehead atoms. The van der Waals surface area contributed by atoms with Crippen LogP contribution in [-0.4, -0.2) is 26.5 Å². The van der Waals surface area contributed by atoms with Gasteiger partial charge in [-0.1, -0.05) is 30.7 Å². The smallest absolute Gasteiger partial charge is 0.151 e. The third-order valence-electron chi connectivity index (χ3n) is 3.13. The lowest BCUT2D eigenvalue weighted by atomic mass is 10.2. The summed E-state index contributed by atoms with van der Waals surface area (Å²) >= 11 is 6.12. The van der Waals surface area contributed by atoms with E-state index in [2.05, 4.69) is 5.32 Å². The largest absolute Gasteiger partial charge is 0.460 e. The van der Waals surface area contributed by atoms with Gasteiger partial charge in [0.05, 0.1) is 17.3 Å². The van der Waals surface area contributed by atoms with Gasteiger partial charge in [-0.2, -0.15) is 0 Å². The maximum atomic E-state index is 11.4. The van der Waals surface area contributed by atoms with Gasteiger partial charge in [-0.25, -0.2) is 8.42 Å². The average Bonchev–Trinajstić information content (AvgIpc) is 2.93. The second-order valence-electron chi connectivity index (χ2n) is 4.66. The number of furan rings is 1. The number of nitrogens with one attached hydrogen (secondary N) is 1. The van der Waals surface area contributed by atoms with Crippen molar-refractivity contribution in [3.63, 3.8) is 0 Å². The molecule has 1 N–H and O–H groups in total. The number of halogens is 1. The molecule has 0 atom stereocenters. The summed E-state index contributed by atoms with van der Waals surface area (Å²) in [6.07, 6.45) is 0. The Morgan fingerprint density at radius 1 is 1.19 bits per heavy atom. The summed E-state index contributed by atoms with van der Waals surface area (Å²) in [6, 6.07) is 11.2. The third kappa shape index (κ3) is 4.59. The number of rotatable bonds is 7. The minimum atomic E-state index is -2.93. The Balaban J connectivity index is 1.91. The summed E-state index contributed by atoms with van der Waals surface area (Å²) in [5.74, 6) is 1.77. The molecule has 2 rings (SSSR count). The summed E-state index contributed by atoms with van der Waals surface area (Å²) in [5, 5.41) is 3.70. The van der Waals surface area contributed by atoms with E-state index in [0.717, 1.165) is 11.3 Å². The molecule has 4 nitrogen and oxygen atoms in total. The zero-order valence-electron chi connectivity index (χ0n) is 11.8. The number of benzene rings is 1. The van der Waals surface area contributed by atoms with Crippen LogP contribution in [0.25, 0.3) is 11.3 Å². The summed E-state index contributed by atoms with van der Waals surface area (Å²) in [7, 11) is -2.93. The van der Waals surface area contributed by atoms with Gasteiger partial charge in [0.25, 0.3) is 0 Å². The van der Waals surface area contributed by atoms with E-state index >= 15 is 0 Å². The first-order valence-electron chi connectivity index (χ1n) is 6.76. The lowest BCUT2D eigenvalue weighted by molar-refractivity contribution is 0.497. The van der Waals surface area contributed by atoms with Gasteiger partial charge in [-0.15, -0.1) is 0 Å². The van der Waals surface area contributed by atoms with Crippen molar-refractivity contribution in [1.29, 1.82) is 0 Å². The average molecular weight is 328 g/mol. The fourth-order valence-electron chi connectivity index (χ4n) is 1.86. The van der Waals surface area contributed by atoms with Crippen LogP contribution in [0.2, 0.25) is 5.02 Å². The Bertz CT molecular complexity index is 694. The highest BCUT2D eigenvalue weighted by molar-refractivity contribution is 7.91. The van der Waals surface area contributed by atoms with Crippen molar-refractivity contribution in [3.8, 4) is 11.3 Å². The summed E-state index contributed by atoms with van der Waals surface area (Å²) in [5.41, 5.74) is 0.846. The molecule has 1 heterocycles. The predicted molar refractivity (Wildman–Crippen MR) is 85.2 cm³/mol. The third-order valence-corrected chi connectivity index (χ3v) is 5.17. The zero-order valence-corrected chi connectivity index (χ0v) is 13.4. The Hall–Kier alpha value is -1.30. The first kappa shape index (κ1) is 16.1. The van der Waals surface area contributed by atoms with Crippen LogP contribution in [0.4, 0.5) is 0 Å². The Morgan fingerprint density at radius 3 is 2.67 bits per heavy atom. The molecule has 0 aliphatic heterocycles. The SMILES string of the molecule is CCS(=O)(=O)CCNCc1ccc(-c2ccccc2Cl)o1. The van der Waals surface area contributed by atoms with Crippen molar-refractivity contribution >= 4 is 21.4 Å². The Labute approximate surface area is 130 Å². The zero-order chi connectivity index (χ0) is 15.3.